The summed E-state index contributed by atoms with van der Waals surface area (Å²) < 4.78 is 16.1. The Kier molecular flexibility index (Phi) is 7.78. The van der Waals surface area contributed by atoms with E-state index in [-0.39, 0.29) is 11.3 Å². The Bertz CT molecular complexity index is 1130. The number of amides is 2. The van der Waals surface area contributed by atoms with Crippen molar-refractivity contribution in [2.24, 2.45) is 7.05 Å². The molecule has 0 saturated heterocycles. The smallest absolute Gasteiger partial charge is 0.267 e. The summed E-state index contributed by atoms with van der Waals surface area (Å²) in [6, 6.07) is 13.5. The van der Waals surface area contributed by atoms with Crippen LogP contribution in [0, 0.1) is 5.82 Å². The number of hydrogen-bond acceptors (Lipinski definition) is 3. The van der Waals surface area contributed by atoms with Gasteiger partial charge in [0, 0.05) is 42.8 Å². The SMILES string of the molecule is CCN(CC)CCNC(=O)C(=Cc1cn(C)c2ccccc12)NC(=O)c1ccccc1F. The molecule has 168 valence electrons. The molecule has 0 spiro atoms. The minimum absolute atomic E-state index is 0.0640. The molecule has 0 aliphatic heterocycles. The summed E-state index contributed by atoms with van der Waals surface area (Å²) in [5.74, 6) is -1.74. The Morgan fingerprint density at radius 3 is 2.47 bits per heavy atom. The fraction of sp³-hybridized carbons (Fsp3) is 0.280. The van der Waals surface area contributed by atoms with Gasteiger partial charge in [-0.25, -0.2) is 4.39 Å². The number of fused-ring (bicyclic) bond motifs is 1. The number of likely N-dealkylation sites (N-methyl/N-ethyl adjacent to an activating group) is 1. The molecule has 1 aromatic heterocycles. The molecule has 3 rings (SSSR count). The first-order chi connectivity index (χ1) is 15.4. The van der Waals surface area contributed by atoms with Crippen LogP contribution in [0.25, 0.3) is 17.0 Å². The molecule has 6 nitrogen and oxygen atoms in total. The lowest BCUT2D eigenvalue weighted by Gasteiger charge is -2.18. The maximum Gasteiger partial charge on any atom is 0.267 e. The van der Waals surface area contributed by atoms with Crippen LogP contribution >= 0.6 is 0 Å². The molecule has 2 aromatic carbocycles. The van der Waals surface area contributed by atoms with Crippen molar-refractivity contribution >= 4 is 28.8 Å². The molecule has 0 radical (unpaired) electrons. The summed E-state index contributed by atoms with van der Waals surface area (Å²) in [6.07, 6.45) is 3.52. The van der Waals surface area contributed by atoms with Crippen molar-refractivity contribution in [1.29, 1.82) is 0 Å². The molecule has 0 bridgehead atoms. The first-order valence-corrected chi connectivity index (χ1v) is 10.8. The molecule has 0 aliphatic rings. The predicted octanol–water partition coefficient (Wildman–Crippen LogP) is 3.55. The highest BCUT2D eigenvalue weighted by Gasteiger charge is 2.18. The molecule has 2 N–H and O–H groups in total. The Hall–Kier alpha value is -3.45. The minimum atomic E-state index is -0.673. The number of carbonyl (C=O) groups is 2. The third-order valence-corrected chi connectivity index (χ3v) is 5.45. The zero-order chi connectivity index (χ0) is 23.1. The van der Waals surface area contributed by atoms with Crippen molar-refractivity contribution < 1.29 is 14.0 Å². The van der Waals surface area contributed by atoms with Gasteiger partial charge in [-0.05, 0) is 37.4 Å². The second kappa shape index (κ2) is 10.7. The van der Waals surface area contributed by atoms with Crippen LogP contribution in [0.3, 0.4) is 0 Å². The lowest BCUT2D eigenvalue weighted by atomic mass is 10.1. The molecule has 2 amide bonds. The van der Waals surface area contributed by atoms with Gasteiger partial charge in [0.1, 0.15) is 11.5 Å². The molecule has 0 fully saturated rings. The van der Waals surface area contributed by atoms with E-state index in [2.05, 4.69) is 29.4 Å². The van der Waals surface area contributed by atoms with Crippen LogP contribution in [0.2, 0.25) is 0 Å². The molecule has 1 heterocycles. The second-order valence-corrected chi connectivity index (χ2v) is 7.49. The van der Waals surface area contributed by atoms with Gasteiger partial charge in [-0.15, -0.1) is 0 Å². The van der Waals surface area contributed by atoms with Gasteiger partial charge >= 0.3 is 0 Å². The van der Waals surface area contributed by atoms with E-state index in [9.17, 15) is 14.0 Å². The maximum atomic E-state index is 14.1. The van der Waals surface area contributed by atoms with Crippen LogP contribution in [0.4, 0.5) is 4.39 Å². The van der Waals surface area contributed by atoms with E-state index in [4.69, 9.17) is 0 Å². The van der Waals surface area contributed by atoms with E-state index in [0.717, 1.165) is 29.6 Å². The number of nitrogens with one attached hydrogen (secondary N) is 2. The standard InChI is InChI=1S/C25H29FN4O2/c1-4-30(5-2)15-14-27-25(32)22(28-24(31)20-11-6-8-12-21(20)26)16-18-17-29(3)23-13-9-7-10-19(18)23/h6-13,16-17H,4-5,14-15H2,1-3H3,(H,27,32)(H,28,31). The normalized spacial score (nSPS) is 11.7. The van der Waals surface area contributed by atoms with Crippen LogP contribution in [0.15, 0.2) is 60.4 Å². The fourth-order valence-electron chi connectivity index (χ4n) is 3.60. The van der Waals surface area contributed by atoms with Crippen molar-refractivity contribution in [2.45, 2.75) is 13.8 Å². The van der Waals surface area contributed by atoms with E-state index in [1.165, 1.54) is 18.2 Å². The van der Waals surface area contributed by atoms with Crippen molar-refractivity contribution in [3.05, 3.63) is 77.4 Å². The first-order valence-electron chi connectivity index (χ1n) is 10.8. The van der Waals surface area contributed by atoms with E-state index in [1.807, 2.05) is 42.1 Å². The quantitative estimate of drug-likeness (QED) is 0.504. The summed E-state index contributed by atoms with van der Waals surface area (Å²) in [6.45, 7) is 7.02. The van der Waals surface area contributed by atoms with Gasteiger partial charge in [-0.2, -0.15) is 0 Å². The van der Waals surface area contributed by atoms with E-state index in [1.54, 1.807) is 12.1 Å². The predicted molar refractivity (Wildman–Crippen MR) is 126 cm³/mol. The number of aromatic nitrogens is 1. The Balaban J connectivity index is 1.90. The Labute approximate surface area is 187 Å². The third-order valence-electron chi connectivity index (χ3n) is 5.45. The van der Waals surface area contributed by atoms with Crippen LogP contribution in [0.5, 0.6) is 0 Å². The summed E-state index contributed by atoms with van der Waals surface area (Å²) in [5.41, 5.74) is 1.73. The zero-order valence-electron chi connectivity index (χ0n) is 18.7. The highest BCUT2D eigenvalue weighted by atomic mass is 19.1. The van der Waals surface area contributed by atoms with Gasteiger partial charge < -0.3 is 20.1 Å². The molecule has 3 aromatic rings. The molecular weight excluding hydrogens is 407 g/mol. The average Bonchev–Trinajstić information content (AvgIpc) is 3.12. The number of benzene rings is 2. The van der Waals surface area contributed by atoms with E-state index in [0.29, 0.717) is 13.1 Å². The Morgan fingerprint density at radius 2 is 1.75 bits per heavy atom. The van der Waals surface area contributed by atoms with Gasteiger partial charge in [0.2, 0.25) is 0 Å². The number of hydrogen-bond donors (Lipinski definition) is 2. The molecular formula is C25H29FN4O2. The van der Waals surface area contributed by atoms with Gasteiger partial charge in [0.15, 0.2) is 0 Å². The molecule has 0 atom stereocenters. The number of para-hydroxylation sites is 1. The maximum absolute atomic E-state index is 14.1. The minimum Gasteiger partial charge on any atom is -0.350 e. The first kappa shape index (κ1) is 23.2. The lowest BCUT2D eigenvalue weighted by Crippen LogP contribution is -2.39. The highest BCUT2D eigenvalue weighted by Crippen LogP contribution is 2.22. The van der Waals surface area contributed by atoms with E-state index >= 15 is 0 Å². The van der Waals surface area contributed by atoms with Gasteiger partial charge in [-0.3, -0.25) is 9.59 Å². The van der Waals surface area contributed by atoms with Crippen molar-refractivity contribution in [3.8, 4) is 0 Å². The number of nitrogens with zero attached hydrogens (tertiary/aromatic N) is 2. The summed E-state index contributed by atoms with van der Waals surface area (Å²) in [5, 5.41) is 6.42. The number of halogens is 1. The molecule has 7 heteroatoms. The monoisotopic (exact) mass is 436 g/mol. The zero-order valence-corrected chi connectivity index (χ0v) is 18.7. The topological polar surface area (TPSA) is 66.4 Å². The summed E-state index contributed by atoms with van der Waals surface area (Å²) >= 11 is 0. The molecule has 0 aliphatic carbocycles. The van der Waals surface area contributed by atoms with Gasteiger partial charge in [0.05, 0.1) is 5.56 Å². The molecule has 0 unspecified atom stereocenters. The van der Waals surface area contributed by atoms with Crippen molar-refractivity contribution in [3.63, 3.8) is 0 Å². The largest absolute Gasteiger partial charge is 0.350 e. The highest BCUT2D eigenvalue weighted by molar-refractivity contribution is 6.06. The van der Waals surface area contributed by atoms with Gasteiger partial charge in [-0.1, -0.05) is 44.2 Å². The van der Waals surface area contributed by atoms with Crippen molar-refractivity contribution in [2.75, 3.05) is 26.2 Å². The molecule has 0 saturated carbocycles. The summed E-state index contributed by atoms with van der Waals surface area (Å²) in [7, 11) is 1.92. The third kappa shape index (κ3) is 5.42. The van der Waals surface area contributed by atoms with Crippen molar-refractivity contribution in [1.82, 2.24) is 20.1 Å². The van der Waals surface area contributed by atoms with E-state index < -0.39 is 17.6 Å². The van der Waals surface area contributed by atoms with Gasteiger partial charge in [0.25, 0.3) is 11.8 Å². The number of carbonyl (C=O) groups excluding carboxylic acids is 2. The average molecular weight is 437 g/mol. The van der Waals surface area contributed by atoms with Crippen LogP contribution in [0.1, 0.15) is 29.8 Å². The number of aryl methyl sites for hydroxylation is 1. The lowest BCUT2D eigenvalue weighted by molar-refractivity contribution is -0.117. The summed E-state index contributed by atoms with van der Waals surface area (Å²) in [4.78, 5) is 27.9. The molecule has 32 heavy (non-hydrogen) atoms. The second-order valence-electron chi connectivity index (χ2n) is 7.49. The van der Waals surface area contributed by atoms with Crippen LogP contribution in [-0.4, -0.2) is 47.5 Å². The van der Waals surface area contributed by atoms with Crippen LogP contribution < -0.4 is 10.6 Å². The Morgan fingerprint density at radius 1 is 1.06 bits per heavy atom. The number of rotatable bonds is 9. The fourth-order valence-corrected chi connectivity index (χ4v) is 3.60. The van der Waals surface area contributed by atoms with Crippen LogP contribution in [-0.2, 0) is 11.8 Å².